The van der Waals surface area contributed by atoms with Gasteiger partial charge in [0.2, 0.25) is 26.0 Å². The Morgan fingerprint density at radius 3 is 2.22 bits per heavy atom. The Bertz CT molecular complexity index is 989. The number of carbonyl (C=O) groups excluding carboxylic acids is 1. The van der Waals surface area contributed by atoms with Crippen LogP contribution in [0.1, 0.15) is 39.5 Å². The van der Waals surface area contributed by atoms with Crippen molar-refractivity contribution in [1.29, 1.82) is 0 Å². The van der Waals surface area contributed by atoms with Gasteiger partial charge in [-0.2, -0.15) is 8.61 Å². The van der Waals surface area contributed by atoms with E-state index in [1.165, 1.54) is 32.9 Å². The van der Waals surface area contributed by atoms with Gasteiger partial charge in [-0.1, -0.05) is 13.3 Å². The molecule has 1 aromatic rings. The first-order valence-electron chi connectivity index (χ1n) is 11.2. The number of piperidine rings is 1. The normalized spacial score (nSPS) is 23.7. The second kappa shape index (κ2) is 10.6. The summed E-state index contributed by atoms with van der Waals surface area (Å²) >= 11 is 0. The molecule has 3 rings (SSSR count). The molecule has 0 aliphatic carbocycles. The number of carbonyl (C=O) groups is 1. The topological polar surface area (TPSA) is 113 Å². The first-order chi connectivity index (χ1) is 15.2. The van der Waals surface area contributed by atoms with Gasteiger partial charge in [0.1, 0.15) is 0 Å². The van der Waals surface area contributed by atoms with Crippen LogP contribution in [0, 0.1) is 5.92 Å². The van der Waals surface area contributed by atoms with Gasteiger partial charge in [-0.15, -0.1) is 0 Å². The molecular formula is C21H33N3O6S2. The summed E-state index contributed by atoms with van der Waals surface area (Å²) in [6.45, 7) is 5.81. The third kappa shape index (κ3) is 5.51. The Balaban J connectivity index is 1.75. The van der Waals surface area contributed by atoms with E-state index in [0.29, 0.717) is 32.6 Å². The standard InChI is InChI=1S/C21H33N3O6S2/c1-3-4-11-22-21(25)18-6-5-17(2)24(16-18)32(28,29)20-9-7-19(8-10-20)31(26,27)23-12-14-30-15-13-23/h7-10,17-18H,3-6,11-16H2,1-2H3,(H,22,25). The fourth-order valence-corrected chi connectivity index (χ4v) is 7.13. The zero-order valence-corrected chi connectivity index (χ0v) is 20.3. The molecule has 0 bridgehead atoms. The van der Waals surface area contributed by atoms with E-state index >= 15 is 0 Å². The molecule has 11 heteroatoms. The van der Waals surface area contributed by atoms with E-state index in [1.807, 2.05) is 13.8 Å². The number of unbranched alkanes of at least 4 members (excludes halogenated alkanes) is 1. The number of hydrogen-bond donors (Lipinski definition) is 1. The van der Waals surface area contributed by atoms with Crippen LogP contribution in [0.5, 0.6) is 0 Å². The van der Waals surface area contributed by atoms with Crippen LogP contribution < -0.4 is 5.32 Å². The van der Waals surface area contributed by atoms with Crippen molar-refractivity contribution in [1.82, 2.24) is 13.9 Å². The summed E-state index contributed by atoms with van der Waals surface area (Å²) in [7, 11) is -7.56. The summed E-state index contributed by atoms with van der Waals surface area (Å²) in [5, 5.41) is 2.89. The van der Waals surface area contributed by atoms with Crippen LogP contribution in [0.2, 0.25) is 0 Å². The number of sulfonamides is 2. The largest absolute Gasteiger partial charge is 0.379 e. The lowest BCUT2D eigenvalue weighted by Crippen LogP contribution is -2.49. The van der Waals surface area contributed by atoms with Gasteiger partial charge in [0.25, 0.3) is 0 Å². The summed E-state index contributed by atoms with van der Waals surface area (Å²) in [4.78, 5) is 12.6. The molecule has 2 saturated heterocycles. The fraction of sp³-hybridized carbons (Fsp3) is 0.667. The zero-order chi connectivity index (χ0) is 23.4. The second-order valence-corrected chi connectivity index (χ2v) is 12.2. The van der Waals surface area contributed by atoms with Crippen LogP contribution in [0.15, 0.2) is 34.1 Å². The summed E-state index contributed by atoms with van der Waals surface area (Å²) in [5.41, 5.74) is 0. The van der Waals surface area contributed by atoms with E-state index in [1.54, 1.807) is 0 Å². The van der Waals surface area contributed by atoms with Crippen LogP contribution in [0.25, 0.3) is 0 Å². The van der Waals surface area contributed by atoms with Gasteiger partial charge in [-0.25, -0.2) is 16.8 Å². The Kier molecular flexibility index (Phi) is 8.31. The van der Waals surface area contributed by atoms with E-state index in [0.717, 1.165) is 12.8 Å². The Labute approximate surface area is 191 Å². The number of rotatable bonds is 8. The van der Waals surface area contributed by atoms with Crippen LogP contribution in [-0.2, 0) is 29.6 Å². The molecule has 1 amide bonds. The van der Waals surface area contributed by atoms with Crippen molar-refractivity contribution in [3.63, 3.8) is 0 Å². The number of amides is 1. The van der Waals surface area contributed by atoms with E-state index in [4.69, 9.17) is 4.74 Å². The van der Waals surface area contributed by atoms with E-state index in [-0.39, 0.29) is 47.3 Å². The van der Waals surface area contributed by atoms with E-state index in [2.05, 4.69) is 5.32 Å². The Morgan fingerprint density at radius 1 is 1.03 bits per heavy atom. The number of morpholine rings is 1. The lowest BCUT2D eigenvalue weighted by Gasteiger charge is -2.36. The van der Waals surface area contributed by atoms with Crippen molar-refractivity contribution in [2.75, 3.05) is 39.4 Å². The minimum atomic E-state index is -3.87. The molecular weight excluding hydrogens is 454 g/mol. The third-order valence-electron chi connectivity index (χ3n) is 6.06. The molecule has 2 unspecified atom stereocenters. The fourth-order valence-electron chi connectivity index (χ4n) is 4.01. The molecule has 0 saturated carbocycles. The monoisotopic (exact) mass is 487 g/mol. The van der Waals surface area contributed by atoms with Crippen LogP contribution in [-0.4, -0.2) is 76.8 Å². The van der Waals surface area contributed by atoms with Crippen LogP contribution >= 0.6 is 0 Å². The quantitative estimate of drug-likeness (QED) is 0.555. The number of benzene rings is 1. The van der Waals surface area contributed by atoms with Gasteiger partial charge in [-0.3, -0.25) is 4.79 Å². The van der Waals surface area contributed by atoms with Crippen molar-refractivity contribution >= 4 is 26.0 Å². The molecule has 0 spiro atoms. The molecule has 1 aromatic carbocycles. The van der Waals surface area contributed by atoms with Gasteiger partial charge in [-0.05, 0) is 50.5 Å². The molecule has 2 aliphatic rings. The highest BCUT2D eigenvalue weighted by atomic mass is 32.2. The minimum absolute atomic E-state index is 0.0253. The van der Waals surface area contributed by atoms with Gasteiger partial charge in [0.15, 0.2) is 0 Å². The molecule has 180 valence electrons. The molecule has 1 N–H and O–H groups in total. The van der Waals surface area contributed by atoms with Gasteiger partial charge >= 0.3 is 0 Å². The maximum atomic E-state index is 13.3. The summed E-state index contributed by atoms with van der Waals surface area (Å²) in [5.74, 6) is -0.503. The lowest BCUT2D eigenvalue weighted by molar-refractivity contribution is -0.126. The lowest BCUT2D eigenvalue weighted by atomic mass is 9.94. The summed E-state index contributed by atoms with van der Waals surface area (Å²) in [6.07, 6.45) is 3.09. The van der Waals surface area contributed by atoms with Gasteiger partial charge in [0, 0.05) is 32.2 Å². The van der Waals surface area contributed by atoms with E-state index < -0.39 is 20.0 Å². The van der Waals surface area contributed by atoms with Gasteiger partial charge in [0.05, 0.1) is 28.9 Å². The van der Waals surface area contributed by atoms with Crippen LogP contribution in [0.4, 0.5) is 0 Å². The highest BCUT2D eigenvalue weighted by Crippen LogP contribution is 2.29. The highest BCUT2D eigenvalue weighted by molar-refractivity contribution is 7.89. The molecule has 2 atom stereocenters. The molecule has 2 fully saturated rings. The predicted octanol–water partition coefficient (Wildman–Crippen LogP) is 1.41. The minimum Gasteiger partial charge on any atom is -0.379 e. The number of ether oxygens (including phenoxy) is 1. The summed E-state index contributed by atoms with van der Waals surface area (Å²) in [6, 6.07) is 5.10. The third-order valence-corrected chi connectivity index (χ3v) is 9.97. The molecule has 0 radical (unpaired) electrons. The first-order valence-corrected chi connectivity index (χ1v) is 14.0. The average Bonchev–Trinajstić information content (AvgIpc) is 2.80. The van der Waals surface area contributed by atoms with Crippen molar-refractivity contribution in [3.8, 4) is 0 Å². The number of nitrogens with one attached hydrogen (secondary N) is 1. The highest BCUT2D eigenvalue weighted by Gasteiger charge is 2.37. The molecule has 9 nitrogen and oxygen atoms in total. The van der Waals surface area contributed by atoms with Crippen LogP contribution in [0.3, 0.4) is 0 Å². The molecule has 2 aliphatic heterocycles. The smallest absolute Gasteiger partial charge is 0.243 e. The maximum absolute atomic E-state index is 13.3. The van der Waals surface area contributed by atoms with E-state index in [9.17, 15) is 21.6 Å². The summed E-state index contributed by atoms with van der Waals surface area (Å²) < 4.78 is 60.1. The zero-order valence-electron chi connectivity index (χ0n) is 18.7. The number of nitrogens with zero attached hydrogens (tertiary/aromatic N) is 2. The predicted molar refractivity (Wildman–Crippen MR) is 120 cm³/mol. The SMILES string of the molecule is CCCCNC(=O)C1CCC(C)N(S(=O)(=O)c2ccc(S(=O)(=O)N3CCOCC3)cc2)C1. The first kappa shape index (κ1) is 25.1. The molecule has 0 aromatic heterocycles. The average molecular weight is 488 g/mol. The maximum Gasteiger partial charge on any atom is 0.243 e. The second-order valence-electron chi connectivity index (χ2n) is 8.33. The van der Waals surface area contributed by atoms with Crippen molar-refractivity contribution < 1.29 is 26.4 Å². The number of hydrogen-bond acceptors (Lipinski definition) is 6. The van der Waals surface area contributed by atoms with Gasteiger partial charge < -0.3 is 10.1 Å². The molecule has 32 heavy (non-hydrogen) atoms. The molecule has 2 heterocycles. The Morgan fingerprint density at radius 2 is 1.62 bits per heavy atom. The van der Waals surface area contributed by atoms with Crippen molar-refractivity contribution in [3.05, 3.63) is 24.3 Å². The van der Waals surface area contributed by atoms with Crippen molar-refractivity contribution in [2.45, 2.75) is 55.4 Å². The van der Waals surface area contributed by atoms with Crippen molar-refractivity contribution in [2.24, 2.45) is 5.92 Å². The Hall–Kier alpha value is -1.53.